The summed E-state index contributed by atoms with van der Waals surface area (Å²) in [5.74, 6) is -0.412. The fourth-order valence-electron chi connectivity index (χ4n) is 3.51. The third-order valence-electron chi connectivity index (χ3n) is 5.74. The van der Waals surface area contributed by atoms with E-state index in [1.165, 1.54) is 0 Å². The number of ether oxygens (including phenoxy) is 1. The number of carbonyl (C=O) groups is 1. The number of benzene rings is 1. The number of hydrogen-bond donors (Lipinski definition) is 3. The summed E-state index contributed by atoms with van der Waals surface area (Å²) in [7, 11) is 0. The lowest BCUT2D eigenvalue weighted by atomic mass is 9.98. The van der Waals surface area contributed by atoms with Gasteiger partial charge in [0.25, 0.3) is 0 Å². The first-order valence-electron chi connectivity index (χ1n) is 9.85. The molecule has 2 atom stereocenters. The number of halogens is 1. The van der Waals surface area contributed by atoms with Gasteiger partial charge in [-0.1, -0.05) is 29.3 Å². The maximum Gasteiger partial charge on any atom is 0.154 e. The van der Waals surface area contributed by atoms with Crippen LogP contribution in [0.25, 0.3) is 0 Å². The minimum absolute atomic E-state index is 0.0605. The third-order valence-corrected chi connectivity index (χ3v) is 6.20. The van der Waals surface area contributed by atoms with E-state index in [1.807, 2.05) is 33.8 Å². The SMILES string of the molecule is CC(=CCc1c(O)c(Cl)c(C)c(C=O)c1O)CCC=C(C)C1CC(O)C(C)(C)O1. The highest BCUT2D eigenvalue weighted by Gasteiger charge is 2.40. The van der Waals surface area contributed by atoms with E-state index in [9.17, 15) is 20.1 Å². The molecule has 0 radical (unpaired) electrons. The monoisotopic (exact) mass is 422 g/mol. The Morgan fingerprint density at radius 2 is 1.90 bits per heavy atom. The predicted molar refractivity (Wildman–Crippen MR) is 115 cm³/mol. The maximum atomic E-state index is 11.2. The number of carbonyl (C=O) groups excluding carboxylic acids is 1. The van der Waals surface area contributed by atoms with Gasteiger partial charge in [0, 0.05) is 12.0 Å². The summed E-state index contributed by atoms with van der Waals surface area (Å²) in [5, 5.41) is 30.7. The van der Waals surface area contributed by atoms with E-state index in [2.05, 4.69) is 6.08 Å². The van der Waals surface area contributed by atoms with E-state index >= 15 is 0 Å². The lowest BCUT2D eigenvalue weighted by Gasteiger charge is -2.22. The van der Waals surface area contributed by atoms with Crippen LogP contribution in [-0.2, 0) is 11.2 Å². The molecule has 2 rings (SSSR count). The van der Waals surface area contributed by atoms with Gasteiger partial charge in [-0.2, -0.15) is 0 Å². The van der Waals surface area contributed by atoms with Crippen LogP contribution >= 0.6 is 11.6 Å². The molecule has 1 aromatic rings. The molecule has 29 heavy (non-hydrogen) atoms. The Labute approximate surface area is 177 Å². The molecule has 5 nitrogen and oxygen atoms in total. The van der Waals surface area contributed by atoms with Crippen molar-refractivity contribution in [3.05, 3.63) is 45.0 Å². The van der Waals surface area contributed by atoms with Gasteiger partial charge >= 0.3 is 0 Å². The summed E-state index contributed by atoms with van der Waals surface area (Å²) < 4.78 is 5.93. The van der Waals surface area contributed by atoms with Crippen LogP contribution in [0.5, 0.6) is 11.5 Å². The van der Waals surface area contributed by atoms with Crippen LogP contribution in [0.3, 0.4) is 0 Å². The fourth-order valence-corrected chi connectivity index (χ4v) is 3.73. The number of aliphatic hydroxyl groups excluding tert-OH is 1. The van der Waals surface area contributed by atoms with E-state index in [0.29, 0.717) is 18.3 Å². The molecule has 1 aliphatic rings. The average Bonchev–Trinajstić information content (AvgIpc) is 2.93. The van der Waals surface area contributed by atoms with Crippen molar-refractivity contribution in [2.45, 2.75) is 78.1 Å². The zero-order valence-electron chi connectivity index (χ0n) is 17.8. The standard InChI is InChI=1S/C23H31ClO5/c1-13(7-6-8-14(2)18-11-19(26)23(4,5)29-18)9-10-16-21(27)17(12-25)15(3)20(24)22(16)28/h8-9,12,18-19,26-28H,6-7,10-11H2,1-5H3. The van der Waals surface area contributed by atoms with E-state index in [4.69, 9.17) is 16.3 Å². The van der Waals surface area contributed by atoms with Gasteiger partial charge < -0.3 is 20.1 Å². The summed E-state index contributed by atoms with van der Waals surface area (Å²) in [5.41, 5.74) is 2.40. The van der Waals surface area contributed by atoms with Crippen LogP contribution in [-0.4, -0.2) is 39.4 Å². The minimum atomic E-state index is -0.519. The molecule has 160 valence electrons. The Bertz CT molecular complexity index is 838. The van der Waals surface area contributed by atoms with Crippen molar-refractivity contribution in [2.24, 2.45) is 0 Å². The van der Waals surface area contributed by atoms with Crippen molar-refractivity contribution >= 4 is 17.9 Å². The number of phenols is 2. The highest BCUT2D eigenvalue weighted by atomic mass is 35.5. The summed E-state index contributed by atoms with van der Waals surface area (Å²) in [6, 6.07) is 0. The van der Waals surface area contributed by atoms with Gasteiger partial charge in [0.1, 0.15) is 11.5 Å². The van der Waals surface area contributed by atoms with Crippen molar-refractivity contribution < 1.29 is 24.9 Å². The van der Waals surface area contributed by atoms with Crippen molar-refractivity contribution in [2.75, 3.05) is 0 Å². The second-order valence-corrected chi connectivity index (χ2v) is 8.73. The first kappa shape index (κ1) is 23.5. The summed E-state index contributed by atoms with van der Waals surface area (Å²) in [6.45, 7) is 9.38. The molecule has 0 bridgehead atoms. The fraction of sp³-hybridized carbons (Fsp3) is 0.522. The predicted octanol–water partition coefficient (Wildman–Crippen LogP) is 5.02. The first-order valence-corrected chi connectivity index (χ1v) is 10.2. The molecule has 2 unspecified atom stereocenters. The highest BCUT2D eigenvalue weighted by molar-refractivity contribution is 6.33. The Morgan fingerprint density at radius 1 is 1.24 bits per heavy atom. The van der Waals surface area contributed by atoms with E-state index < -0.39 is 11.7 Å². The van der Waals surface area contributed by atoms with E-state index in [1.54, 1.807) is 6.92 Å². The zero-order chi connectivity index (χ0) is 21.9. The maximum absolute atomic E-state index is 11.2. The molecule has 1 saturated heterocycles. The molecule has 1 heterocycles. The van der Waals surface area contributed by atoms with Gasteiger partial charge in [0.2, 0.25) is 0 Å². The van der Waals surface area contributed by atoms with Crippen LogP contribution in [0.15, 0.2) is 23.3 Å². The van der Waals surface area contributed by atoms with Crippen LogP contribution in [0.4, 0.5) is 0 Å². The molecule has 0 aliphatic carbocycles. The van der Waals surface area contributed by atoms with E-state index in [-0.39, 0.29) is 40.2 Å². The van der Waals surface area contributed by atoms with Crippen LogP contribution in [0.2, 0.25) is 5.02 Å². The molecule has 0 spiro atoms. The van der Waals surface area contributed by atoms with Gasteiger partial charge in [-0.05, 0) is 65.0 Å². The molecule has 0 amide bonds. The minimum Gasteiger partial charge on any atom is -0.507 e. The topological polar surface area (TPSA) is 87.0 Å². The summed E-state index contributed by atoms with van der Waals surface area (Å²) in [6.07, 6.45) is 6.57. The number of rotatable bonds is 7. The van der Waals surface area contributed by atoms with Gasteiger partial charge in [0.15, 0.2) is 6.29 Å². The highest BCUT2D eigenvalue weighted by Crippen LogP contribution is 2.40. The second kappa shape index (κ2) is 9.33. The van der Waals surface area contributed by atoms with Crippen molar-refractivity contribution in [1.82, 2.24) is 0 Å². The lowest BCUT2D eigenvalue weighted by Crippen LogP contribution is -2.31. The summed E-state index contributed by atoms with van der Waals surface area (Å²) in [4.78, 5) is 11.2. The largest absolute Gasteiger partial charge is 0.507 e. The van der Waals surface area contributed by atoms with Gasteiger partial charge in [-0.15, -0.1) is 0 Å². The quantitative estimate of drug-likeness (QED) is 0.424. The first-order chi connectivity index (χ1) is 13.5. The molecule has 0 saturated carbocycles. The van der Waals surface area contributed by atoms with Gasteiger partial charge in [-0.3, -0.25) is 4.79 Å². The van der Waals surface area contributed by atoms with Crippen molar-refractivity contribution in [3.8, 4) is 11.5 Å². The average molecular weight is 423 g/mol. The normalized spacial score (nSPS) is 22.2. The van der Waals surface area contributed by atoms with Gasteiger partial charge in [-0.25, -0.2) is 0 Å². The number of aliphatic hydroxyl groups is 1. The molecule has 1 fully saturated rings. The van der Waals surface area contributed by atoms with Crippen LogP contribution < -0.4 is 0 Å². The zero-order valence-corrected chi connectivity index (χ0v) is 18.5. The number of aldehydes is 1. The van der Waals surface area contributed by atoms with Gasteiger partial charge in [0.05, 0.1) is 28.4 Å². The smallest absolute Gasteiger partial charge is 0.154 e. The number of allylic oxidation sites excluding steroid dienone is 3. The summed E-state index contributed by atoms with van der Waals surface area (Å²) >= 11 is 6.09. The Morgan fingerprint density at radius 3 is 2.45 bits per heavy atom. The lowest BCUT2D eigenvalue weighted by molar-refractivity contribution is -0.0472. The molecule has 1 aromatic carbocycles. The Hall–Kier alpha value is -1.82. The number of aromatic hydroxyl groups is 2. The van der Waals surface area contributed by atoms with Crippen LogP contribution in [0, 0.1) is 6.92 Å². The van der Waals surface area contributed by atoms with Crippen molar-refractivity contribution in [1.29, 1.82) is 0 Å². The number of hydrogen-bond acceptors (Lipinski definition) is 5. The molecular formula is C23H31ClO5. The van der Waals surface area contributed by atoms with Crippen molar-refractivity contribution in [3.63, 3.8) is 0 Å². The Balaban J connectivity index is 2.02. The molecule has 0 aromatic heterocycles. The molecule has 6 heteroatoms. The van der Waals surface area contributed by atoms with Crippen LogP contribution in [0.1, 0.15) is 68.4 Å². The molecule has 1 aliphatic heterocycles. The molecule has 3 N–H and O–H groups in total. The van der Waals surface area contributed by atoms with E-state index in [0.717, 1.165) is 24.0 Å². The second-order valence-electron chi connectivity index (χ2n) is 8.35. The molecular weight excluding hydrogens is 392 g/mol. The number of phenolic OH excluding ortho intramolecular Hbond substituents is 2. The Kier molecular flexibility index (Phi) is 7.55. The third kappa shape index (κ3) is 5.21.